The molecule has 2 aliphatic rings. The highest BCUT2D eigenvalue weighted by atomic mass is 79.9. The van der Waals surface area contributed by atoms with Crippen LogP contribution in [0.5, 0.6) is 0 Å². The lowest BCUT2D eigenvalue weighted by atomic mass is 9.98. The highest BCUT2D eigenvalue weighted by Gasteiger charge is 2.36. The van der Waals surface area contributed by atoms with Crippen molar-refractivity contribution in [1.29, 1.82) is 0 Å². The Labute approximate surface area is 165 Å². The molecule has 1 aliphatic heterocycles. The predicted molar refractivity (Wildman–Crippen MR) is 104 cm³/mol. The largest absolute Gasteiger partial charge is 0.459 e. The molecular weight excluding hydrogens is 410 g/mol. The number of fused-ring (bicyclic) bond motifs is 1. The van der Waals surface area contributed by atoms with E-state index in [1.807, 2.05) is 0 Å². The first-order valence-electron chi connectivity index (χ1n) is 9.04. The number of ether oxygens (including phenoxy) is 1. The molecule has 5 nitrogen and oxygen atoms in total. The third kappa shape index (κ3) is 3.41. The summed E-state index contributed by atoms with van der Waals surface area (Å²) in [4.78, 5) is 38.7. The van der Waals surface area contributed by atoms with Crippen LogP contribution in [0.2, 0.25) is 0 Å². The van der Waals surface area contributed by atoms with Crippen molar-refractivity contribution in [3.05, 3.63) is 63.6 Å². The molecule has 0 spiro atoms. The van der Waals surface area contributed by atoms with Gasteiger partial charge in [-0.05, 0) is 68.1 Å². The molecule has 6 heteroatoms. The summed E-state index contributed by atoms with van der Waals surface area (Å²) >= 11 is 3.32. The fourth-order valence-electron chi connectivity index (χ4n) is 3.60. The first kappa shape index (κ1) is 17.9. The maximum atomic E-state index is 12.6. The summed E-state index contributed by atoms with van der Waals surface area (Å²) in [6.45, 7) is 0. The van der Waals surface area contributed by atoms with Gasteiger partial charge in [-0.15, -0.1) is 0 Å². The number of anilines is 1. The zero-order valence-corrected chi connectivity index (χ0v) is 16.2. The molecule has 1 heterocycles. The van der Waals surface area contributed by atoms with Gasteiger partial charge in [-0.25, -0.2) is 9.69 Å². The van der Waals surface area contributed by atoms with Crippen LogP contribution in [-0.2, 0) is 4.74 Å². The van der Waals surface area contributed by atoms with Gasteiger partial charge in [-0.2, -0.15) is 0 Å². The molecule has 1 saturated carbocycles. The second kappa shape index (κ2) is 7.27. The van der Waals surface area contributed by atoms with Crippen LogP contribution in [-0.4, -0.2) is 23.9 Å². The molecule has 2 aromatic carbocycles. The van der Waals surface area contributed by atoms with Crippen LogP contribution in [0.15, 0.2) is 46.9 Å². The van der Waals surface area contributed by atoms with Gasteiger partial charge in [-0.3, -0.25) is 9.59 Å². The van der Waals surface area contributed by atoms with Gasteiger partial charge in [0.2, 0.25) is 0 Å². The molecule has 0 bridgehead atoms. The molecule has 1 aliphatic carbocycles. The Morgan fingerprint density at radius 3 is 2.30 bits per heavy atom. The highest BCUT2D eigenvalue weighted by Crippen LogP contribution is 2.30. The van der Waals surface area contributed by atoms with Crippen molar-refractivity contribution in [3.8, 4) is 0 Å². The zero-order valence-electron chi connectivity index (χ0n) is 14.6. The van der Waals surface area contributed by atoms with E-state index in [-0.39, 0.29) is 23.9 Å². The molecule has 0 N–H and O–H groups in total. The van der Waals surface area contributed by atoms with Crippen LogP contribution >= 0.6 is 15.9 Å². The van der Waals surface area contributed by atoms with E-state index in [0.717, 1.165) is 35.1 Å². The first-order chi connectivity index (χ1) is 13.0. The monoisotopic (exact) mass is 427 g/mol. The summed E-state index contributed by atoms with van der Waals surface area (Å²) in [6, 6.07) is 11.4. The molecule has 2 amide bonds. The number of carbonyl (C=O) groups excluding carboxylic acids is 3. The minimum atomic E-state index is -0.367. The number of halogens is 1. The summed E-state index contributed by atoms with van der Waals surface area (Å²) in [7, 11) is 0. The van der Waals surface area contributed by atoms with E-state index in [1.54, 1.807) is 42.5 Å². The molecule has 4 rings (SSSR count). The number of nitrogens with zero attached hydrogens (tertiary/aromatic N) is 1. The van der Waals surface area contributed by atoms with Crippen molar-refractivity contribution in [3.63, 3.8) is 0 Å². The van der Waals surface area contributed by atoms with Crippen molar-refractivity contribution < 1.29 is 19.1 Å². The molecule has 0 unspecified atom stereocenters. The lowest BCUT2D eigenvalue weighted by molar-refractivity contribution is 0.0211. The van der Waals surface area contributed by atoms with E-state index in [9.17, 15) is 14.4 Å². The summed E-state index contributed by atoms with van der Waals surface area (Å²) in [5.41, 5.74) is 1.61. The second-order valence-electron chi connectivity index (χ2n) is 6.85. The van der Waals surface area contributed by atoms with Crippen LogP contribution in [0.3, 0.4) is 0 Å². The van der Waals surface area contributed by atoms with Gasteiger partial charge in [0.15, 0.2) is 0 Å². The fraction of sp³-hybridized carbons (Fsp3) is 0.286. The molecule has 0 radical (unpaired) electrons. The Balaban J connectivity index is 1.52. The van der Waals surface area contributed by atoms with Gasteiger partial charge >= 0.3 is 5.97 Å². The maximum Gasteiger partial charge on any atom is 0.338 e. The number of hydrogen-bond acceptors (Lipinski definition) is 4. The van der Waals surface area contributed by atoms with Crippen LogP contribution < -0.4 is 4.90 Å². The normalized spacial score (nSPS) is 17.1. The average molecular weight is 428 g/mol. The van der Waals surface area contributed by atoms with Crippen molar-refractivity contribution in [1.82, 2.24) is 0 Å². The van der Waals surface area contributed by atoms with E-state index in [1.165, 1.54) is 6.42 Å². The molecule has 0 aromatic heterocycles. The van der Waals surface area contributed by atoms with E-state index >= 15 is 0 Å². The van der Waals surface area contributed by atoms with Crippen LogP contribution in [0, 0.1) is 0 Å². The number of hydrogen-bond donors (Lipinski definition) is 0. The lowest BCUT2D eigenvalue weighted by Gasteiger charge is -2.22. The van der Waals surface area contributed by atoms with E-state index in [4.69, 9.17) is 4.74 Å². The van der Waals surface area contributed by atoms with Crippen molar-refractivity contribution >= 4 is 39.4 Å². The fourth-order valence-corrected chi connectivity index (χ4v) is 3.96. The standard InChI is InChI=1S/C21H18BrNO4/c22-14-8-11-17-18(12-14)20(25)23(19(17)24)15-9-6-13(7-10-15)21(26)27-16-4-2-1-3-5-16/h6-12,16H,1-5H2. The number of carbonyl (C=O) groups is 3. The summed E-state index contributed by atoms with van der Waals surface area (Å²) in [5.74, 6) is -1.09. The summed E-state index contributed by atoms with van der Waals surface area (Å²) in [5, 5.41) is 0. The van der Waals surface area contributed by atoms with Gasteiger partial charge in [0.05, 0.1) is 22.4 Å². The Morgan fingerprint density at radius 2 is 1.59 bits per heavy atom. The van der Waals surface area contributed by atoms with Gasteiger partial charge < -0.3 is 4.74 Å². The minimum Gasteiger partial charge on any atom is -0.459 e. The average Bonchev–Trinajstić information content (AvgIpc) is 2.92. The quantitative estimate of drug-likeness (QED) is 0.524. The van der Waals surface area contributed by atoms with Crippen LogP contribution in [0.4, 0.5) is 5.69 Å². The number of esters is 1. The number of rotatable bonds is 3. The number of imide groups is 1. The summed E-state index contributed by atoms with van der Waals surface area (Å²) < 4.78 is 6.30. The number of amides is 2. The van der Waals surface area contributed by atoms with E-state index in [2.05, 4.69) is 15.9 Å². The number of benzene rings is 2. The molecule has 138 valence electrons. The molecular formula is C21H18BrNO4. The van der Waals surface area contributed by atoms with Crippen LogP contribution in [0.25, 0.3) is 0 Å². The highest BCUT2D eigenvalue weighted by molar-refractivity contribution is 9.10. The predicted octanol–water partition coefficient (Wildman–Crippen LogP) is 4.74. The third-order valence-corrected chi connectivity index (χ3v) is 5.53. The van der Waals surface area contributed by atoms with Crippen molar-refractivity contribution in [2.24, 2.45) is 0 Å². The van der Waals surface area contributed by atoms with Gasteiger partial charge in [-0.1, -0.05) is 22.4 Å². The van der Waals surface area contributed by atoms with Crippen molar-refractivity contribution in [2.75, 3.05) is 4.90 Å². The Bertz CT molecular complexity index is 916. The molecule has 27 heavy (non-hydrogen) atoms. The first-order valence-corrected chi connectivity index (χ1v) is 9.83. The smallest absolute Gasteiger partial charge is 0.338 e. The molecule has 0 atom stereocenters. The molecule has 2 aromatic rings. The van der Waals surface area contributed by atoms with E-state index in [0.29, 0.717) is 22.4 Å². The van der Waals surface area contributed by atoms with Crippen molar-refractivity contribution in [2.45, 2.75) is 38.2 Å². The second-order valence-corrected chi connectivity index (χ2v) is 7.76. The van der Waals surface area contributed by atoms with E-state index < -0.39 is 0 Å². The molecule has 0 saturated heterocycles. The van der Waals surface area contributed by atoms with Gasteiger partial charge in [0.1, 0.15) is 6.10 Å². The van der Waals surface area contributed by atoms with Gasteiger partial charge in [0.25, 0.3) is 11.8 Å². The maximum absolute atomic E-state index is 12.6. The SMILES string of the molecule is O=C(OC1CCCCC1)c1ccc(N2C(=O)c3ccc(Br)cc3C2=O)cc1. The molecule has 1 fully saturated rings. The zero-order chi connectivity index (χ0) is 19.0. The third-order valence-electron chi connectivity index (χ3n) is 5.04. The summed E-state index contributed by atoms with van der Waals surface area (Å²) in [6.07, 6.45) is 5.18. The lowest BCUT2D eigenvalue weighted by Crippen LogP contribution is -2.29. The van der Waals surface area contributed by atoms with Gasteiger partial charge in [0, 0.05) is 4.47 Å². The topological polar surface area (TPSA) is 63.7 Å². The Kier molecular flexibility index (Phi) is 4.83. The Morgan fingerprint density at radius 1 is 0.926 bits per heavy atom. The minimum absolute atomic E-state index is 0.0133. The Hall–Kier alpha value is -2.47. The van der Waals surface area contributed by atoms with Crippen LogP contribution in [0.1, 0.15) is 63.2 Å².